The molecule has 1 heterocycles. The molecule has 0 saturated carbocycles. The summed E-state index contributed by atoms with van der Waals surface area (Å²) in [4.78, 5) is 12.8. The number of aryl methyl sites for hydroxylation is 1. The van der Waals surface area contributed by atoms with E-state index in [4.69, 9.17) is 21.1 Å². The number of pyridine rings is 1. The fourth-order valence-electron chi connectivity index (χ4n) is 2.93. The molecule has 130 valence electrons. The lowest BCUT2D eigenvalue weighted by atomic mass is 10.1. The van der Waals surface area contributed by atoms with Crippen molar-refractivity contribution in [2.24, 2.45) is 7.05 Å². The lowest BCUT2D eigenvalue weighted by Gasteiger charge is -2.17. The quantitative estimate of drug-likeness (QED) is 0.490. The molecule has 3 rings (SSSR count). The summed E-state index contributed by atoms with van der Waals surface area (Å²) in [6, 6.07) is 15.2. The highest BCUT2D eigenvalue weighted by Crippen LogP contribution is 2.31. The van der Waals surface area contributed by atoms with Gasteiger partial charge in [0.1, 0.15) is 5.75 Å². The molecule has 0 aliphatic rings. The van der Waals surface area contributed by atoms with Gasteiger partial charge in [-0.25, -0.2) is 0 Å². The molecule has 0 unspecified atom stereocenters. The number of rotatable bonds is 6. The molecule has 0 N–H and O–H groups in total. The molecule has 1 aromatic heterocycles. The monoisotopic (exact) mass is 357 g/mol. The summed E-state index contributed by atoms with van der Waals surface area (Å²) in [6.45, 7) is 0.584. The van der Waals surface area contributed by atoms with Gasteiger partial charge in [0.05, 0.1) is 24.9 Å². The van der Waals surface area contributed by atoms with E-state index in [1.807, 2.05) is 60.1 Å². The van der Waals surface area contributed by atoms with Crippen molar-refractivity contribution in [1.29, 1.82) is 0 Å². The highest BCUT2D eigenvalue weighted by atomic mass is 35.5. The van der Waals surface area contributed by atoms with E-state index in [9.17, 15) is 4.79 Å². The molecule has 5 heteroatoms. The minimum atomic E-state index is -0.103. The van der Waals surface area contributed by atoms with Crippen molar-refractivity contribution in [3.05, 3.63) is 58.8 Å². The second-order valence-electron chi connectivity index (χ2n) is 5.70. The van der Waals surface area contributed by atoms with Gasteiger partial charge in [0.15, 0.2) is 5.75 Å². The molecule has 0 saturated heterocycles. The number of para-hydroxylation sites is 1. The van der Waals surface area contributed by atoms with Crippen molar-refractivity contribution < 1.29 is 9.47 Å². The molecule has 0 fully saturated rings. The Hall–Kier alpha value is -2.46. The van der Waals surface area contributed by atoms with Gasteiger partial charge in [0.2, 0.25) is 5.43 Å². The molecule has 0 aliphatic carbocycles. The van der Waals surface area contributed by atoms with Crippen molar-refractivity contribution >= 4 is 22.5 Å². The Labute approximate surface area is 151 Å². The predicted molar refractivity (Wildman–Crippen MR) is 102 cm³/mol. The fourth-order valence-corrected chi connectivity index (χ4v) is 3.04. The lowest BCUT2D eigenvalue weighted by Crippen LogP contribution is -2.13. The van der Waals surface area contributed by atoms with Gasteiger partial charge < -0.3 is 14.0 Å². The first-order chi connectivity index (χ1) is 12.2. The first kappa shape index (κ1) is 17.4. The maximum Gasteiger partial charge on any atom is 0.231 e. The molecule has 0 bridgehead atoms. The zero-order chi connectivity index (χ0) is 17.8. The average molecular weight is 358 g/mol. The number of hydrogen-bond acceptors (Lipinski definition) is 3. The molecule has 0 aliphatic heterocycles. The van der Waals surface area contributed by atoms with Crippen LogP contribution in [0, 0.1) is 0 Å². The van der Waals surface area contributed by atoms with E-state index in [0.29, 0.717) is 23.6 Å². The summed E-state index contributed by atoms with van der Waals surface area (Å²) in [7, 11) is 3.46. The summed E-state index contributed by atoms with van der Waals surface area (Å²) in [5.74, 6) is 1.70. The maximum absolute atomic E-state index is 12.8. The van der Waals surface area contributed by atoms with Crippen LogP contribution in [0.2, 0.25) is 0 Å². The predicted octanol–water partition coefficient (Wildman–Crippen LogP) is 4.22. The molecule has 3 aromatic rings. The Morgan fingerprint density at radius 3 is 2.48 bits per heavy atom. The summed E-state index contributed by atoms with van der Waals surface area (Å²) in [5, 5.41) is 0.645. The van der Waals surface area contributed by atoms with E-state index < -0.39 is 0 Å². The Balaban J connectivity index is 2.09. The van der Waals surface area contributed by atoms with Crippen LogP contribution in [0.4, 0.5) is 0 Å². The van der Waals surface area contributed by atoms with E-state index in [-0.39, 0.29) is 5.43 Å². The fraction of sp³-hybridized carbons (Fsp3) is 0.250. The van der Waals surface area contributed by atoms with Gasteiger partial charge in [-0.1, -0.05) is 12.1 Å². The summed E-state index contributed by atoms with van der Waals surface area (Å²) in [6.07, 6.45) is 0.802. The molecule has 25 heavy (non-hydrogen) atoms. The third-order valence-electron chi connectivity index (χ3n) is 4.15. The van der Waals surface area contributed by atoms with Crippen LogP contribution in [0.15, 0.2) is 53.3 Å². The van der Waals surface area contributed by atoms with Crippen molar-refractivity contribution in [2.45, 2.75) is 6.42 Å². The van der Waals surface area contributed by atoms with Crippen LogP contribution in [-0.4, -0.2) is 24.2 Å². The van der Waals surface area contributed by atoms with Crippen molar-refractivity contribution in [3.63, 3.8) is 0 Å². The van der Waals surface area contributed by atoms with Crippen LogP contribution in [0.3, 0.4) is 0 Å². The zero-order valence-corrected chi connectivity index (χ0v) is 15.0. The molecule has 0 atom stereocenters. The number of methoxy groups -OCH3 is 1. The van der Waals surface area contributed by atoms with E-state index in [2.05, 4.69) is 0 Å². The summed E-state index contributed by atoms with van der Waals surface area (Å²) in [5.41, 5.74) is 2.41. The van der Waals surface area contributed by atoms with Gasteiger partial charge in [-0.2, -0.15) is 0 Å². The number of benzene rings is 2. The number of halogens is 1. The van der Waals surface area contributed by atoms with Crippen LogP contribution in [0.5, 0.6) is 11.5 Å². The molecule has 4 nitrogen and oxygen atoms in total. The van der Waals surface area contributed by atoms with Gasteiger partial charge in [-0.15, -0.1) is 11.6 Å². The molecule has 2 aromatic carbocycles. The number of fused-ring (bicyclic) bond motifs is 1. The third-order valence-corrected chi connectivity index (χ3v) is 4.41. The van der Waals surface area contributed by atoms with Gasteiger partial charge >= 0.3 is 0 Å². The smallest absolute Gasteiger partial charge is 0.231 e. The topological polar surface area (TPSA) is 40.5 Å². The highest BCUT2D eigenvalue weighted by molar-refractivity contribution is 6.17. The number of hydrogen-bond donors (Lipinski definition) is 0. The highest BCUT2D eigenvalue weighted by Gasteiger charge is 2.17. The van der Waals surface area contributed by atoms with E-state index in [0.717, 1.165) is 28.9 Å². The van der Waals surface area contributed by atoms with E-state index in [1.165, 1.54) is 7.11 Å². The van der Waals surface area contributed by atoms with Crippen LogP contribution in [-0.2, 0) is 7.05 Å². The minimum Gasteiger partial charge on any atom is -0.494 e. The first-order valence-corrected chi connectivity index (χ1v) is 8.65. The normalized spacial score (nSPS) is 10.8. The maximum atomic E-state index is 12.8. The van der Waals surface area contributed by atoms with Gasteiger partial charge in [-0.05, 0) is 42.8 Å². The van der Waals surface area contributed by atoms with Crippen LogP contribution in [0.1, 0.15) is 6.42 Å². The van der Waals surface area contributed by atoms with Crippen LogP contribution in [0.25, 0.3) is 22.2 Å². The van der Waals surface area contributed by atoms with E-state index in [1.54, 1.807) is 0 Å². The Kier molecular flexibility index (Phi) is 5.29. The Morgan fingerprint density at radius 2 is 1.80 bits per heavy atom. The largest absolute Gasteiger partial charge is 0.494 e. The molecule has 0 radical (unpaired) electrons. The number of alkyl halides is 1. The van der Waals surface area contributed by atoms with Gasteiger partial charge in [0.25, 0.3) is 0 Å². The summed E-state index contributed by atoms with van der Waals surface area (Å²) < 4.78 is 13.1. The second-order valence-corrected chi connectivity index (χ2v) is 6.08. The van der Waals surface area contributed by atoms with Crippen LogP contribution < -0.4 is 14.9 Å². The lowest BCUT2D eigenvalue weighted by molar-refractivity contribution is 0.318. The first-order valence-electron chi connectivity index (χ1n) is 8.12. The number of ether oxygens (including phenoxy) is 2. The SMILES string of the molecule is COc1c(-c2ccc(OCCCCl)cc2)n(C)c2ccccc2c1=O. The molecular weight excluding hydrogens is 338 g/mol. The zero-order valence-electron chi connectivity index (χ0n) is 14.3. The number of nitrogens with zero attached hydrogens (tertiary/aromatic N) is 1. The summed E-state index contributed by atoms with van der Waals surface area (Å²) >= 11 is 5.66. The standard InChI is InChI=1S/C20H20ClNO3/c1-22-17-7-4-3-6-16(17)19(23)20(24-2)18(22)14-8-10-15(11-9-14)25-13-5-12-21/h3-4,6-11H,5,12-13H2,1-2H3. The van der Waals surface area contributed by atoms with Crippen molar-refractivity contribution in [1.82, 2.24) is 4.57 Å². The minimum absolute atomic E-state index is 0.103. The second kappa shape index (κ2) is 7.62. The van der Waals surface area contributed by atoms with E-state index >= 15 is 0 Å². The Bertz CT molecular complexity index is 932. The van der Waals surface area contributed by atoms with Crippen molar-refractivity contribution in [3.8, 4) is 22.8 Å². The number of aromatic nitrogens is 1. The van der Waals surface area contributed by atoms with Gasteiger partial charge in [0, 0.05) is 23.9 Å². The molecule has 0 amide bonds. The van der Waals surface area contributed by atoms with Gasteiger partial charge in [-0.3, -0.25) is 4.79 Å². The average Bonchev–Trinajstić information content (AvgIpc) is 2.65. The Morgan fingerprint density at radius 1 is 1.08 bits per heavy atom. The molecule has 0 spiro atoms. The van der Waals surface area contributed by atoms with Crippen molar-refractivity contribution in [2.75, 3.05) is 19.6 Å². The third kappa shape index (κ3) is 3.35. The molecular formula is C20H20ClNO3. The van der Waals surface area contributed by atoms with Crippen LogP contribution >= 0.6 is 11.6 Å².